The first-order valence-corrected chi connectivity index (χ1v) is 6.37. The summed E-state index contributed by atoms with van der Waals surface area (Å²) in [5.41, 5.74) is 0.533. The van der Waals surface area contributed by atoms with Gasteiger partial charge in [-0.05, 0) is 24.3 Å². The molecule has 0 atom stereocenters. The van der Waals surface area contributed by atoms with E-state index < -0.39 is 5.97 Å². The highest BCUT2D eigenvalue weighted by Crippen LogP contribution is 2.33. The number of carbonyl (C=O) groups is 1. The number of rotatable bonds is 3. The highest BCUT2D eigenvalue weighted by molar-refractivity contribution is 7.99. The lowest BCUT2D eigenvalue weighted by Crippen LogP contribution is -1.95. The van der Waals surface area contributed by atoms with Crippen LogP contribution in [0.3, 0.4) is 0 Å². The molecule has 0 aliphatic carbocycles. The van der Waals surface area contributed by atoms with Crippen molar-refractivity contribution in [2.75, 3.05) is 0 Å². The van der Waals surface area contributed by atoms with Gasteiger partial charge in [0.1, 0.15) is 11.1 Å². The predicted molar refractivity (Wildman–Crippen MR) is 71.5 cm³/mol. The molecule has 0 unspecified atom stereocenters. The zero-order valence-electron chi connectivity index (χ0n) is 9.50. The zero-order chi connectivity index (χ0) is 13.8. The average Bonchev–Trinajstić information content (AvgIpc) is 2.41. The first kappa shape index (κ1) is 13.4. The lowest BCUT2D eigenvalue weighted by atomic mass is 10.2. The topological polar surface area (TPSA) is 74.0 Å². The summed E-state index contributed by atoms with van der Waals surface area (Å²) < 4.78 is 0. The van der Waals surface area contributed by atoms with E-state index in [9.17, 15) is 4.79 Å². The van der Waals surface area contributed by atoms with E-state index in [0.717, 1.165) is 0 Å². The van der Waals surface area contributed by atoms with Crippen LogP contribution in [0.5, 0.6) is 0 Å². The Hall–Kier alpha value is -2.03. The normalized spacial score (nSPS) is 9.89. The average molecular weight is 291 g/mol. The molecular formula is C13H7ClN2O2S. The fraction of sp³-hybridized carbons (Fsp3) is 0. The molecule has 1 heterocycles. The van der Waals surface area contributed by atoms with Crippen LogP contribution in [0.1, 0.15) is 15.9 Å². The summed E-state index contributed by atoms with van der Waals surface area (Å²) in [6.45, 7) is 0. The van der Waals surface area contributed by atoms with Crippen LogP contribution >= 0.6 is 23.4 Å². The van der Waals surface area contributed by atoms with Gasteiger partial charge in [-0.1, -0.05) is 29.4 Å². The van der Waals surface area contributed by atoms with Gasteiger partial charge in [0.15, 0.2) is 0 Å². The third kappa shape index (κ3) is 3.05. The van der Waals surface area contributed by atoms with Gasteiger partial charge in [-0.25, -0.2) is 9.78 Å². The maximum atomic E-state index is 10.9. The quantitative estimate of drug-likeness (QED) is 0.937. The number of benzene rings is 1. The molecule has 6 heteroatoms. The second kappa shape index (κ2) is 5.74. The molecule has 0 amide bonds. The van der Waals surface area contributed by atoms with Crippen LogP contribution in [0.15, 0.2) is 46.5 Å². The van der Waals surface area contributed by atoms with Gasteiger partial charge in [0, 0.05) is 11.1 Å². The maximum Gasteiger partial charge on any atom is 0.335 e. The van der Waals surface area contributed by atoms with Gasteiger partial charge in [-0.15, -0.1) is 0 Å². The van der Waals surface area contributed by atoms with E-state index in [4.69, 9.17) is 22.0 Å². The summed E-state index contributed by atoms with van der Waals surface area (Å²) in [5.74, 6) is -0.993. The second-order valence-corrected chi connectivity index (χ2v) is 4.96. The van der Waals surface area contributed by atoms with Crippen LogP contribution < -0.4 is 0 Å². The molecule has 2 aromatic rings. The van der Waals surface area contributed by atoms with Crippen LogP contribution in [0.25, 0.3) is 0 Å². The fourth-order valence-corrected chi connectivity index (χ4v) is 2.52. The van der Waals surface area contributed by atoms with E-state index in [0.29, 0.717) is 15.5 Å². The summed E-state index contributed by atoms with van der Waals surface area (Å²) in [6, 6.07) is 9.94. The van der Waals surface area contributed by atoms with Crippen LogP contribution in [0.2, 0.25) is 5.02 Å². The SMILES string of the molecule is N#Cc1ccnc(Sc2cccc(C(=O)O)c2)c1Cl. The molecule has 0 aliphatic rings. The highest BCUT2D eigenvalue weighted by Gasteiger charge is 2.10. The number of aromatic carboxylic acids is 1. The minimum atomic E-state index is -0.993. The molecule has 1 aromatic heterocycles. The second-order valence-electron chi connectivity index (χ2n) is 3.52. The number of carboxylic acid groups (broad SMARTS) is 1. The maximum absolute atomic E-state index is 10.9. The Balaban J connectivity index is 2.34. The molecule has 19 heavy (non-hydrogen) atoms. The Morgan fingerprint density at radius 2 is 2.21 bits per heavy atom. The Kier molecular flexibility index (Phi) is 4.05. The van der Waals surface area contributed by atoms with Crippen molar-refractivity contribution in [2.45, 2.75) is 9.92 Å². The van der Waals surface area contributed by atoms with Gasteiger partial charge in [-0.2, -0.15) is 5.26 Å². The Labute approximate surface area is 118 Å². The molecule has 0 radical (unpaired) electrons. The smallest absolute Gasteiger partial charge is 0.335 e. The van der Waals surface area contributed by atoms with Crippen molar-refractivity contribution < 1.29 is 9.90 Å². The molecule has 0 bridgehead atoms. The van der Waals surface area contributed by atoms with Gasteiger partial charge in [0.05, 0.1) is 16.1 Å². The summed E-state index contributed by atoms with van der Waals surface area (Å²) in [5, 5.41) is 18.5. The van der Waals surface area contributed by atoms with E-state index in [-0.39, 0.29) is 10.6 Å². The molecule has 0 saturated heterocycles. The molecule has 0 saturated carbocycles. The van der Waals surface area contributed by atoms with Crippen molar-refractivity contribution in [2.24, 2.45) is 0 Å². The molecule has 2 rings (SSSR count). The first-order chi connectivity index (χ1) is 9.11. The van der Waals surface area contributed by atoms with Crippen molar-refractivity contribution in [1.82, 2.24) is 4.98 Å². The number of pyridine rings is 1. The van der Waals surface area contributed by atoms with Crippen molar-refractivity contribution in [1.29, 1.82) is 5.26 Å². The van der Waals surface area contributed by atoms with Crippen LogP contribution in [0.4, 0.5) is 0 Å². The Bertz CT molecular complexity index is 683. The van der Waals surface area contributed by atoms with Crippen LogP contribution in [-0.2, 0) is 0 Å². The minimum Gasteiger partial charge on any atom is -0.478 e. The largest absolute Gasteiger partial charge is 0.478 e. The number of carboxylic acids is 1. The molecule has 4 nitrogen and oxygen atoms in total. The number of nitriles is 1. The summed E-state index contributed by atoms with van der Waals surface area (Å²) >= 11 is 7.26. The summed E-state index contributed by atoms with van der Waals surface area (Å²) in [6.07, 6.45) is 1.49. The zero-order valence-corrected chi connectivity index (χ0v) is 11.1. The van der Waals surface area contributed by atoms with Gasteiger partial charge >= 0.3 is 5.97 Å². The molecule has 0 aliphatic heterocycles. The Morgan fingerprint density at radius 1 is 1.42 bits per heavy atom. The third-order valence-electron chi connectivity index (χ3n) is 2.27. The summed E-state index contributed by atoms with van der Waals surface area (Å²) in [4.78, 5) is 15.7. The van der Waals surface area contributed by atoms with Crippen molar-refractivity contribution in [3.63, 3.8) is 0 Å². The van der Waals surface area contributed by atoms with E-state index in [1.807, 2.05) is 6.07 Å². The standard InChI is InChI=1S/C13H7ClN2O2S/c14-11-9(7-15)4-5-16-12(11)19-10-3-1-2-8(6-10)13(17)18/h1-6H,(H,17,18). The van der Waals surface area contributed by atoms with Gasteiger partial charge in [-0.3, -0.25) is 0 Å². The van der Waals surface area contributed by atoms with E-state index in [2.05, 4.69) is 4.98 Å². The van der Waals surface area contributed by atoms with Gasteiger partial charge < -0.3 is 5.11 Å². The molecule has 0 spiro atoms. The molecule has 94 valence electrons. The van der Waals surface area contributed by atoms with E-state index in [1.165, 1.54) is 36.2 Å². The van der Waals surface area contributed by atoms with Crippen LogP contribution in [-0.4, -0.2) is 16.1 Å². The molecular weight excluding hydrogens is 284 g/mol. The lowest BCUT2D eigenvalue weighted by Gasteiger charge is -2.04. The minimum absolute atomic E-state index is 0.192. The number of aromatic nitrogens is 1. The van der Waals surface area contributed by atoms with Crippen LogP contribution in [0, 0.1) is 11.3 Å². The Morgan fingerprint density at radius 3 is 2.89 bits per heavy atom. The van der Waals surface area contributed by atoms with Crippen molar-refractivity contribution in [3.8, 4) is 6.07 Å². The van der Waals surface area contributed by atoms with Crippen molar-refractivity contribution >= 4 is 29.3 Å². The lowest BCUT2D eigenvalue weighted by molar-refractivity contribution is 0.0696. The van der Waals surface area contributed by atoms with E-state index >= 15 is 0 Å². The van der Waals surface area contributed by atoms with Gasteiger partial charge in [0.25, 0.3) is 0 Å². The molecule has 0 fully saturated rings. The number of hydrogen-bond donors (Lipinski definition) is 1. The number of nitrogens with zero attached hydrogens (tertiary/aromatic N) is 2. The van der Waals surface area contributed by atoms with E-state index in [1.54, 1.807) is 12.1 Å². The third-order valence-corrected chi connectivity index (χ3v) is 3.76. The monoisotopic (exact) mass is 290 g/mol. The molecule has 1 N–H and O–H groups in total. The number of halogens is 1. The summed E-state index contributed by atoms with van der Waals surface area (Å²) in [7, 11) is 0. The molecule has 1 aromatic carbocycles. The predicted octanol–water partition coefficient (Wildman–Crippen LogP) is 3.46. The first-order valence-electron chi connectivity index (χ1n) is 5.17. The van der Waals surface area contributed by atoms with Gasteiger partial charge in [0.2, 0.25) is 0 Å². The highest BCUT2D eigenvalue weighted by atomic mass is 35.5. The van der Waals surface area contributed by atoms with Crippen molar-refractivity contribution in [3.05, 3.63) is 52.7 Å². The fourth-order valence-electron chi connectivity index (χ4n) is 1.39. The number of hydrogen-bond acceptors (Lipinski definition) is 4.